The van der Waals surface area contributed by atoms with Crippen LogP contribution in [-0.2, 0) is 13.1 Å². The second kappa shape index (κ2) is 4.88. The minimum absolute atomic E-state index is 0.764. The van der Waals surface area contributed by atoms with Crippen molar-refractivity contribution in [2.75, 3.05) is 6.54 Å². The van der Waals surface area contributed by atoms with E-state index < -0.39 is 0 Å². The zero-order valence-electron chi connectivity index (χ0n) is 11.5. The van der Waals surface area contributed by atoms with Crippen molar-refractivity contribution in [2.24, 2.45) is 5.92 Å². The molecule has 0 radical (unpaired) electrons. The highest BCUT2D eigenvalue weighted by Gasteiger charge is 2.37. The number of nitrogens with one attached hydrogen (secondary N) is 1. The van der Waals surface area contributed by atoms with Crippen LogP contribution in [0, 0.1) is 5.92 Å². The number of nitrogens with zero attached hydrogens (tertiary/aromatic N) is 2. The zero-order chi connectivity index (χ0) is 12.7. The summed E-state index contributed by atoms with van der Waals surface area (Å²) in [6.07, 6.45) is 6.99. The molecule has 2 heterocycles. The number of fused-ring (bicyclic) bond motifs is 2. The van der Waals surface area contributed by atoms with Crippen molar-refractivity contribution in [1.82, 2.24) is 15.2 Å². The monoisotopic (exact) mass is 257 g/mol. The molecule has 19 heavy (non-hydrogen) atoms. The number of likely N-dealkylation sites (tertiary alicyclic amines) is 1. The molecule has 1 aromatic heterocycles. The Labute approximate surface area is 115 Å². The summed E-state index contributed by atoms with van der Waals surface area (Å²) in [6, 6.07) is 8.11. The fourth-order valence-electron chi connectivity index (χ4n) is 3.68. The lowest BCUT2D eigenvalue weighted by atomic mass is 10.1. The van der Waals surface area contributed by atoms with Gasteiger partial charge in [0.1, 0.15) is 0 Å². The van der Waals surface area contributed by atoms with Gasteiger partial charge in [-0.3, -0.25) is 9.88 Å². The second-order valence-electron chi connectivity index (χ2n) is 6.54. The van der Waals surface area contributed by atoms with Crippen molar-refractivity contribution in [3.8, 4) is 0 Å². The molecule has 2 aliphatic carbocycles. The molecule has 3 nitrogen and oxygen atoms in total. The first kappa shape index (κ1) is 11.9. The van der Waals surface area contributed by atoms with Gasteiger partial charge in [-0.1, -0.05) is 6.07 Å². The van der Waals surface area contributed by atoms with E-state index in [4.69, 9.17) is 4.98 Å². The highest BCUT2D eigenvalue weighted by Crippen LogP contribution is 2.37. The van der Waals surface area contributed by atoms with Crippen LogP contribution < -0.4 is 5.32 Å². The van der Waals surface area contributed by atoms with Crippen LogP contribution in [-0.4, -0.2) is 28.5 Å². The Morgan fingerprint density at radius 3 is 2.79 bits per heavy atom. The van der Waals surface area contributed by atoms with Gasteiger partial charge in [0.05, 0.1) is 11.4 Å². The third kappa shape index (κ3) is 2.67. The van der Waals surface area contributed by atoms with Gasteiger partial charge in [-0.25, -0.2) is 0 Å². The number of aromatic nitrogens is 1. The molecular formula is C16H23N3. The Kier molecular flexibility index (Phi) is 3.04. The SMILES string of the molecule is c1cc(CNC2CC2)nc(CN2CC3CCC2C3)c1. The minimum Gasteiger partial charge on any atom is -0.308 e. The first-order chi connectivity index (χ1) is 9.37. The van der Waals surface area contributed by atoms with Crippen LogP contribution in [0.15, 0.2) is 18.2 Å². The van der Waals surface area contributed by atoms with E-state index in [9.17, 15) is 0 Å². The first-order valence-corrected chi connectivity index (χ1v) is 7.79. The van der Waals surface area contributed by atoms with Crippen LogP contribution in [0.5, 0.6) is 0 Å². The van der Waals surface area contributed by atoms with Crippen LogP contribution in [0.1, 0.15) is 43.5 Å². The van der Waals surface area contributed by atoms with E-state index in [1.165, 1.54) is 50.0 Å². The molecule has 2 atom stereocenters. The molecule has 3 heteroatoms. The Hall–Kier alpha value is -0.930. The Balaban J connectivity index is 1.38. The van der Waals surface area contributed by atoms with Gasteiger partial charge >= 0.3 is 0 Å². The van der Waals surface area contributed by atoms with Crippen molar-refractivity contribution < 1.29 is 0 Å². The summed E-state index contributed by atoms with van der Waals surface area (Å²) in [7, 11) is 0. The largest absolute Gasteiger partial charge is 0.308 e. The van der Waals surface area contributed by atoms with Gasteiger partial charge in [0, 0.05) is 31.7 Å². The maximum absolute atomic E-state index is 4.82. The standard InChI is InChI=1S/C16H23N3/c1-2-14(9-17-13-5-6-13)18-15(3-1)11-19-10-12-4-7-16(19)8-12/h1-3,12-13,16-17H,4-11H2. The molecule has 2 unspecified atom stereocenters. The van der Waals surface area contributed by atoms with Crippen LogP contribution >= 0.6 is 0 Å². The van der Waals surface area contributed by atoms with Crippen molar-refractivity contribution in [1.29, 1.82) is 0 Å². The van der Waals surface area contributed by atoms with E-state index in [0.717, 1.165) is 31.1 Å². The molecule has 4 rings (SSSR count). The van der Waals surface area contributed by atoms with Crippen molar-refractivity contribution in [3.63, 3.8) is 0 Å². The fraction of sp³-hybridized carbons (Fsp3) is 0.688. The summed E-state index contributed by atoms with van der Waals surface area (Å²) in [5, 5.41) is 3.54. The maximum Gasteiger partial charge on any atom is 0.0547 e. The van der Waals surface area contributed by atoms with E-state index in [0.29, 0.717) is 0 Å². The summed E-state index contributed by atoms with van der Waals surface area (Å²) in [5.74, 6) is 0.977. The molecule has 0 spiro atoms. The lowest BCUT2D eigenvalue weighted by Gasteiger charge is -2.26. The lowest BCUT2D eigenvalue weighted by Crippen LogP contribution is -2.31. The predicted octanol–water partition coefficient (Wildman–Crippen LogP) is 2.32. The normalized spacial score (nSPS) is 30.1. The molecule has 2 saturated carbocycles. The van der Waals surface area contributed by atoms with Crippen molar-refractivity contribution in [2.45, 2.75) is 57.3 Å². The molecule has 0 aromatic carbocycles. The van der Waals surface area contributed by atoms with E-state index in [2.05, 4.69) is 28.4 Å². The van der Waals surface area contributed by atoms with E-state index in [-0.39, 0.29) is 0 Å². The van der Waals surface area contributed by atoms with Crippen LogP contribution in [0.3, 0.4) is 0 Å². The van der Waals surface area contributed by atoms with Crippen molar-refractivity contribution in [3.05, 3.63) is 29.6 Å². The summed E-state index contributed by atoms with van der Waals surface area (Å²) >= 11 is 0. The zero-order valence-corrected chi connectivity index (χ0v) is 11.5. The van der Waals surface area contributed by atoms with E-state index in [1.807, 2.05) is 0 Å². The highest BCUT2D eigenvalue weighted by molar-refractivity contribution is 5.12. The first-order valence-electron chi connectivity index (χ1n) is 7.79. The predicted molar refractivity (Wildman–Crippen MR) is 75.6 cm³/mol. The number of hydrogen-bond acceptors (Lipinski definition) is 3. The topological polar surface area (TPSA) is 28.2 Å². The lowest BCUT2D eigenvalue weighted by molar-refractivity contribution is 0.203. The maximum atomic E-state index is 4.82. The van der Waals surface area contributed by atoms with Crippen LogP contribution in [0.2, 0.25) is 0 Å². The average Bonchev–Trinajstić information content (AvgIpc) is 3.04. The van der Waals surface area contributed by atoms with Crippen molar-refractivity contribution >= 4 is 0 Å². The fourth-order valence-corrected chi connectivity index (χ4v) is 3.68. The number of hydrogen-bond donors (Lipinski definition) is 1. The van der Waals surface area contributed by atoms with E-state index >= 15 is 0 Å². The number of piperidine rings is 1. The third-order valence-electron chi connectivity index (χ3n) is 4.90. The minimum atomic E-state index is 0.764. The molecule has 1 aliphatic heterocycles. The Morgan fingerprint density at radius 2 is 2.05 bits per heavy atom. The van der Waals surface area contributed by atoms with Gasteiger partial charge < -0.3 is 5.32 Å². The molecule has 0 amide bonds. The quantitative estimate of drug-likeness (QED) is 0.877. The number of pyridine rings is 1. The summed E-state index contributed by atoms with van der Waals surface area (Å²) in [6.45, 7) is 3.29. The van der Waals surface area contributed by atoms with Gasteiger partial charge in [-0.05, 0) is 50.2 Å². The Bertz CT molecular complexity index is 455. The van der Waals surface area contributed by atoms with Crippen LogP contribution in [0.4, 0.5) is 0 Å². The molecular weight excluding hydrogens is 234 g/mol. The number of rotatable bonds is 5. The Morgan fingerprint density at radius 1 is 1.16 bits per heavy atom. The van der Waals surface area contributed by atoms with Gasteiger partial charge in [0.15, 0.2) is 0 Å². The summed E-state index contributed by atoms with van der Waals surface area (Å²) in [5.41, 5.74) is 2.46. The third-order valence-corrected chi connectivity index (χ3v) is 4.90. The van der Waals surface area contributed by atoms with Crippen LogP contribution in [0.25, 0.3) is 0 Å². The van der Waals surface area contributed by atoms with Gasteiger partial charge in [-0.15, -0.1) is 0 Å². The summed E-state index contributed by atoms with van der Waals surface area (Å²) in [4.78, 5) is 7.46. The average molecular weight is 257 g/mol. The molecule has 1 N–H and O–H groups in total. The van der Waals surface area contributed by atoms with Gasteiger partial charge in [-0.2, -0.15) is 0 Å². The molecule has 2 bridgehead atoms. The van der Waals surface area contributed by atoms with Gasteiger partial charge in [0.25, 0.3) is 0 Å². The molecule has 3 aliphatic rings. The molecule has 1 saturated heterocycles. The molecule has 102 valence electrons. The molecule has 3 fully saturated rings. The summed E-state index contributed by atoms with van der Waals surface area (Å²) < 4.78 is 0. The van der Waals surface area contributed by atoms with Gasteiger partial charge in [0.2, 0.25) is 0 Å². The smallest absolute Gasteiger partial charge is 0.0547 e. The second-order valence-corrected chi connectivity index (χ2v) is 6.54. The highest BCUT2D eigenvalue weighted by atomic mass is 15.2. The molecule has 1 aromatic rings. The van der Waals surface area contributed by atoms with E-state index in [1.54, 1.807) is 0 Å².